The van der Waals surface area contributed by atoms with E-state index < -0.39 is 0 Å². The van der Waals surface area contributed by atoms with E-state index in [1.165, 1.54) is 16.8 Å². The molecule has 1 aromatic heterocycles. The van der Waals surface area contributed by atoms with Crippen molar-refractivity contribution in [2.75, 3.05) is 0 Å². The summed E-state index contributed by atoms with van der Waals surface area (Å²) in [6, 6.07) is 6.36. The van der Waals surface area contributed by atoms with Crippen LogP contribution in [0.4, 0.5) is 0 Å². The molecule has 1 atom stereocenters. The summed E-state index contributed by atoms with van der Waals surface area (Å²) in [5, 5.41) is 0. The Hall–Kier alpha value is -1.13. The molecule has 1 unspecified atom stereocenters. The fourth-order valence-corrected chi connectivity index (χ4v) is 3.11. The molecule has 1 aliphatic carbocycles. The van der Waals surface area contributed by atoms with Crippen LogP contribution in [0.25, 0.3) is 11.3 Å². The lowest BCUT2D eigenvalue weighted by Crippen LogP contribution is -2.14. The molecule has 1 aromatic carbocycles. The van der Waals surface area contributed by atoms with Gasteiger partial charge in [-0.3, -0.25) is 0 Å². The number of benzene rings is 1. The second-order valence-electron chi connectivity index (χ2n) is 5.66. The molecule has 1 aliphatic rings. The molecule has 2 aromatic rings. The number of aromatic amines is 1. The molecular weight excluding hydrogens is 302 g/mol. The predicted molar refractivity (Wildman–Crippen MR) is 80.9 cm³/mol. The quantitative estimate of drug-likeness (QED) is 0.771. The molecule has 4 heteroatoms. The van der Waals surface area contributed by atoms with Gasteiger partial charge in [0.05, 0.1) is 11.7 Å². The lowest BCUT2D eigenvalue weighted by Gasteiger charge is -2.11. The fraction of sp³-hybridized carbons (Fsp3) is 0.400. The van der Waals surface area contributed by atoms with Gasteiger partial charge >= 0.3 is 0 Å². The summed E-state index contributed by atoms with van der Waals surface area (Å²) < 4.78 is 1.12. The third-order valence-electron chi connectivity index (χ3n) is 3.56. The smallest absolute Gasteiger partial charge is 0.124 e. The summed E-state index contributed by atoms with van der Waals surface area (Å²) in [5.41, 5.74) is 11.0. The van der Waals surface area contributed by atoms with E-state index in [-0.39, 0.29) is 6.04 Å². The summed E-state index contributed by atoms with van der Waals surface area (Å²) in [4.78, 5) is 8.13. The first-order valence-corrected chi connectivity index (χ1v) is 7.47. The Kier molecular flexibility index (Phi) is 3.23. The molecule has 19 heavy (non-hydrogen) atoms. The minimum Gasteiger partial charge on any atom is -0.344 e. The Morgan fingerprint density at radius 3 is 2.95 bits per heavy atom. The Labute approximate surface area is 121 Å². The molecule has 0 radical (unpaired) electrons. The van der Waals surface area contributed by atoms with E-state index in [9.17, 15) is 0 Å². The van der Waals surface area contributed by atoms with Crippen molar-refractivity contribution in [1.29, 1.82) is 0 Å². The standard InChI is InChI=1S/C15H18BrN3/c1-8(2)5-12(17)15-18-13-7-9-6-10(16)3-4-11(9)14(13)19-15/h3-4,6,8,12H,5,7,17H2,1-2H3,(H,18,19). The molecule has 3 nitrogen and oxygen atoms in total. The Morgan fingerprint density at radius 1 is 1.42 bits per heavy atom. The first-order chi connectivity index (χ1) is 9.04. The van der Waals surface area contributed by atoms with Crippen LogP contribution in [0.2, 0.25) is 0 Å². The second kappa shape index (κ2) is 4.76. The zero-order valence-corrected chi connectivity index (χ0v) is 12.8. The number of nitrogens with two attached hydrogens (primary N) is 1. The molecule has 100 valence electrons. The molecule has 0 aliphatic heterocycles. The molecule has 0 saturated carbocycles. The number of nitrogens with one attached hydrogen (secondary N) is 1. The summed E-state index contributed by atoms with van der Waals surface area (Å²) in [6.07, 6.45) is 1.88. The van der Waals surface area contributed by atoms with Gasteiger partial charge in [-0.1, -0.05) is 35.8 Å². The van der Waals surface area contributed by atoms with E-state index in [1.807, 2.05) is 0 Å². The van der Waals surface area contributed by atoms with E-state index in [4.69, 9.17) is 10.7 Å². The van der Waals surface area contributed by atoms with Gasteiger partial charge in [0.25, 0.3) is 0 Å². The fourth-order valence-electron chi connectivity index (χ4n) is 2.71. The summed E-state index contributed by atoms with van der Waals surface area (Å²) in [7, 11) is 0. The first kappa shape index (κ1) is 12.9. The van der Waals surface area contributed by atoms with Gasteiger partial charge in [0.2, 0.25) is 0 Å². The van der Waals surface area contributed by atoms with Gasteiger partial charge in [-0.2, -0.15) is 0 Å². The van der Waals surface area contributed by atoms with Gasteiger partial charge in [-0.15, -0.1) is 0 Å². The zero-order valence-electron chi connectivity index (χ0n) is 11.2. The van der Waals surface area contributed by atoms with Gasteiger partial charge in [0.1, 0.15) is 5.82 Å². The van der Waals surface area contributed by atoms with Crippen LogP contribution in [0.3, 0.4) is 0 Å². The normalized spacial score (nSPS) is 14.6. The van der Waals surface area contributed by atoms with Crippen LogP contribution in [0.5, 0.6) is 0 Å². The summed E-state index contributed by atoms with van der Waals surface area (Å²) in [5.74, 6) is 1.51. The maximum atomic E-state index is 6.20. The number of aromatic nitrogens is 2. The van der Waals surface area contributed by atoms with Crippen molar-refractivity contribution in [3.8, 4) is 11.3 Å². The molecule has 1 heterocycles. The highest BCUT2D eigenvalue weighted by molar-refractivity contribution is 9.10. The van der Waals surface area contributed by atoms with Crippen molar-refractivity contribution in [1.82, 2.24) is 9.97 Å². The van der Waals surface area contributed by atoms with Crippen molar-refractivity contribution in [2.45, 2.75) is 32.7 Å². The van der Waals surface area contributed by atoms with Gasteiger partial charge in [0, 0.05) is 22.2 Å². The number of fused-ring (bicyclic) bond motifs is 3. The van der Waals surface area contributed by atoms with Gasteiger partial charge in [0.15, 0.2) is 0 Å². The largest absolute Gasteiger partial charge is 0.344 e. The Bertz CT molecular complexity index is 616. The average molecular weight is 320 g/mol. The van der Waals surface area contributed by atoms with E-state index >= 15 is 0 Å². The van der Waals surface area contributed by atoms with Crippen LogP contribution < -0.4 is 5.73 Å². The minimum absolute atomic E-state index is 0.00417. The van der Waals surface area contributed by atoms with E-state index in [2.05, 4.69) is 53.0 Å². The van der Waals surface area contributed by atoms with Crippen LogP contribution in [0.1, 0.15) is 43.4 Å². The number of rotatable bonds is 3. The van der Waals surface area contributed by atoms with Crippen molar-refractivity contribution >= 4 is 15.9 Å². The maximum absolute atomic E-state index is 6.20. The van der Waals surface area contributed by atoms with Crippen LogP contribution in [0, 0.1) is 5.92 Å². The number of nitrogens with zero attached hydrogens (tertiary/aromatic N) is 1. The molecular formula is C15H18BrN3. The van der Waals surface area contributed by atoms with Crippen molar-refractivity contribution in [3.63, 3.8) is 0 Å². The van der Waals surface area contributed by atoms with Crippen LogP contribution >= 0.6 is 15.9 Å². The summed E-state index contributed by atoms with van der Waals surface area (Å²) >= 11 is 3.51. The number of hydrogen-bond acceptors (Lipinski definition) is 2. The Balaban J connectivity index is 1.93. The number of halogens is 1. The van der Waals surface area contributed by atoms with E-state index in [0.29, 0.717) is 5.92 Å². The van der Waals surface area contributed by atoms with E-state index in [0.717, 1.165) is 28.8 Å². The monoisotopic (exact) mass is 319 g/mol. The molecule has 0 fully saturated rings. The van der Waals surface area contributed by atoms with Crippen molar-refractivity contribution in [3.05, 3.63) is 39.8 Å². The highest BCUT2D eigenvalue weighted by Gasteiger charge is 2.24. The predicted octanol–water partition coefficient (Wildman–Crippen LogP) is 3.79. The van der Waals surface area contributed by atoms with Crippen molar-refractivity contribution in [2.24, 2.45) is 11.7 Å². The SMILES string of the molecule is CC(C)CC(N)c1nc2c([nH]1)Cc1cc(Br)ccc1-2. The molecule has 0 spiro atoms. The van der Waals surface area contributed by atoms with Crippen LogP contribution in [-0.2, 0) is 6.42 Å². The molecule has 3 N–H and O–H groups in total. The highest BCUT2D eigenvalue weighted by atomic mass is 79.9. The second-order valence-corrected chi connectivity index (χ2v) is 6.58. The molecule has 0 bridgehead atoms. The minimum atomic E-state index is 0.00417. The molecule has 0 saturated heterocycles. The van der Waals surface area contributed by atoms with Gasteiger partial charge < -0.3 is 10.7 Å². The van der Waals surface area contributed by atoms with Gasteiger partial charge in [-0.25, -0.2) is 4.98 Å². The molecule has 3 rings (SSSR count). The average Bonchev–Trinajstić information content (AvgIpc) is 2.84. The summed E-state index contributed by atoms with van der Waals surface area (Å²) in [6.45, 7) is 4.37. The maximum Gasteiger partial charge on any atom is 0.124 e. The van der Waals surface area contributed by atoms with Gasteiger partial charge in [-0.05, 0) is 30.0 Å². The number of H-pyrrole nitrogens is 1. The number of hydrogen-bond donors (Lipinski definition) is 2. The number of imidazole rings is 1. The third-order valence-corrected chi connectivity index (χ3v) is 4.06. The Morgan fingerprint density at radius 2 is 2.21 bits per heavy atom. The highest BCUT2D eigenvalue weighted by Crippen LogP contribution is 2.37. The van der Waals surface area contributed by atoms with Crippen molar-refractivity contribution < 1.29 is 0 Å². The molecule has 0 amide bonds. The van der Waals surface area contributed by atoms with Crippen LogP contribution in [0.15, 0.2) is 22.7 Å². The third kappa shape index (κ3) is 2.35. The zero-order chi connectivity index (χ0) is 13.6. The first-order valence-electron chi connectivity index (χ1n) is 6.67. The topological polar surface area (TPSA) is 54.7 Å². The lowest BCUT2D eigenvalue weighted by atomic mass is 10.0. The lowest BCUT2D eigenvalue weighted by molar-refractivity contribution is 0.495. The van der Waals surface area contributed by atoms with Crippen LogP contribution in [-0.4, -0.2) is 9.97 Å². The van der Waals surface area contributed by atoms with E-state index in [1.54, 1.807) is 0 Å².